The van der Waals surface area contributed by atoms with Gasteiger partial charge < -0.3 is 5.32 Å². The molecule has 0 saturated carbocycles. The van der Waals surface area contributed by atoms with Gasteiger partial charge in [-0.25, -0.2) is 14.2 Å². The lowest BCUT2D eigenvalue weighted by molar-refractivity contribution is 0.0956. The van der Waals surface area contributed by atoms with Gasteiger partial charge in [-0.3, -0.25) is 13.9 Å². The molecule has 1 amide bonds. The minimum atomic E-state index is -0.318. The van der Waals surface area contributed by atoms with E-state index in [1.54, 1.807) is 39.6 Å². The minimum absolute atomic E-state index is 0.161. The van der Waals surface area contributed by atoms with Gasteiger partial charge in [-0.2, -0.15) is 0 Å². The molecule has 4 aromatic rings. The zero-order valence-electron chi connectivity index (χ0n) is 14.8. The molecule has 0 aliphatic rings. The molecule has 3 heterocycles. The second-order valence-corrected chi connectivity index (χ2v) is 7.17. The smallest absolute Gasteiger partial charge is 0.330 e. The van der Waals surface area contributed by atoms with Crippen LogP contribution in [0.4, 0.5) is 4.39 Å². The summed E-state index contributed by atoms with van der Waals surface area (Å²) < 4.78 is 16.3. The van der Waals surface area contributed by atoms with Crippen LogP contribution >= 0.6 is 11.3 Å². The van der Waals surface area contributed by atoms with Crippen molar-refractivity contribution in [2.45, 2.75) is 13.1 Å². The second-order valence-electron chi connectivity index (χ2n) is 6.23. The number of thiophene rings is 1. The Balaban J connectivity index is 1.58. The molecule has 0 saturated heterocycles. The van der Waals surface area contributed by atoms with Gasteiger partial charge in [-0.05, 0) is 41.3 Å². The van der Waals surface area contributed by atoms with Gasteiger partial charge in [0.25, 0.3) is 5.91 Å². The van der Waals surface area contributed by atoms with E-state index in [2.05, 4.69) is 10.3 Å². The van der Waals surface area contributed by atoms with Gasteiger partial charge in [-0.15, -0.1) is 11.3 Å². The molecule has 0 atom stereocenters. The highest BCUT2D eigenvalue weighted by Gasteiger charge is 2.15. The number of amides is 1. The average molecular weight is 396 g/mol. The van der Waals surface area contributed by atoms with E-state index in [1.807, 2.05) is 17.5 Å². The third-order valence-electron chi connectivity index (χ3n) is 4.39. The molecule has 8 heteroatoms. The van der Waals surface area contributed by atoms with Gasteiger partial charge in [0, 0.05) is 19.3 Å². The van der Waals surface area contributed by atoms with Crippen LogP contribution in [-0.2, 0) is 13.1 Å². The van der Waals surface area contributed by atoms with E-state index in [1.165, 1.54) is 23.5 Å². The van der Waals surface area contributed by atoms with Gasteiger partial charge in [-0.1, -0.05) is 18.2 Å². The molecule has 1 aromatic carbocycles. The fourth-order valence-electron chi connectivity index (χ4n) is 3.05. The van der Waals surface area contributed by atoms with Crippen molar-refractivity contribution in [1.82, 2.24) is 19.4 Å². The maximum atomic E-state index is 13.2. The predicted octanol–water partition coefficient (Wildman–Crippen LogP) is 2.88. The van der Waals surface area contributed by atoms with E-state index in [0.717, 1.165) is 5.56 Å². The van der Waals surface area contributed by atoms with E-state index < -0.39 is 0 Å². The van der Waals surface area contributed by atoms with Crippen LogP contribution in [0.15, 0.2) is 64.9 Å². The number of imidazole rings is 1. The van der Waals surface area contributed by atoms with Crippen LogP contribution < -0.4 is 11.0 Å². The summed E-state index contributed by atoms with van der Waals surface area (Å²) in [5.41, 5.74) is 1.85. The first kappa shape index (κ1) is 18.1. The third kappa shape index (κ3) is 3.59. The summed E-state index contributed by atoms with van der Waals surface area (Å²) in [5.74, 6) is -0.479. The van der Waals surface area contributed by atoms with Crippen molar-refractivity contribution in [2.24, 2.45) is 0 Å². The molecule has 4 rings (SSSR count). The highest BCUT2D eigenvalue weighted by molar-refractivity contribution is 7.12. The summed E-state index contributed by atoms with van der Waals surface area (Å²) in [4.78, 5) is 30.0. The molecule has 0 bridgehead atoms. The first-order valence-electron chi connectivity index (χ1n) is 8.73. The fourth-order valence-corrected chi connectivity index (χ4v) is 3.69. The van der Waals surface area contributed by atoms with E-state index >= 15 is 0 Å². The molecule has 3 aromatic heterocycles. The quantitative estimate of drug-likeness (QED) is 0.545. The summed E-state index contributed by atoms with van der Waals surface area (Å²) in [6, 6.07) is 13.2. The number of hydrogen-bond donors (Lipinski definition) is 1. The first-order valence-corrected chi connectivity index (χ1v) is 9.61. The Bertz CT molecular complexity index is 1160. The summed E-state index contributed by atoms with van der Waals surface area (Å²) in [7, 11) is 0. The summed E-state index contributed by atoms with van der Waals surface area (Å²) >= 11 is 1.37. The van der Waals surface area contributed by atoms with Gasteiger partial charge in [0.15, 0.2) is 5.65 Å². The lowest BCUT2D eigenvalue weighted by Gasteiger charge is -2.05. The molecule has 0 spiro atoms. The Kier molecular flexibility index (Phi) is 5.03. The standard InChI is InChI=1S/C20H17FN4O2S/c21-15-7-5-14(6-8-15)13-25-16-3-1-9-22-18(16)24(20(25)27)11-10-23-19(26)17-4-2-12-28-17/h1-9,12H,10-11,13H2,(H,23,26). The minimum Gasteiger partial charge on any atom is -0.350 e. The summed E-state index contributed by atoms with van der Waals surface area (Å²) in [5, 5.41) is 4.66. The number of aromatic nitrogens is 3. The van der Waals surface area contributed by atoms with Crippen molar-refractivity contribution >= 4 is 28.4 Å². The van der Waals surface area contributed by atoms with Crippen LogP contribution in [0.5, 0.6) is 0 Å². The van der Waals surface area contributed by atoms with E-state index in [-0.39, 0.29) is 17.4 Å². The maximum absolute atomic E-state index is 13.2. The Hall–Kier alpha value is -3.26. The van der Waals surface area contributed by atoms with Crippen LogP contribution in [0, 0.1) is 5.82 Å². The van der Waals surface area contributed by atoms with E-state index in [0.29, 0.717) is 35.7 Å². The topological polar surface area (TPSA) is 68.9 Å². The molecule has 142 valence electrons. The van der Waals surface area contributed by atoms with E-state index in [9.17, 15) is 14.0 Å². The molecule has 0 radical (unpaired) electrons. The first-order chi connectivity index (χ1) is 13.6. The molecule has 1 N–H and O–H groups in total. The fraction of sp³-hybridized carbons (Fsp3) is 0.150. The van der Waals surface area contributed by atoms with Crippen LogP contribution in [-0.4, -0.2) is 26.6 Å². The number of rotatable bonds is 6. The number of halogens is 1. The lowest BCUT2D eigenvalue weighted by Crippen LogP contribution is -2.31. The highest BCUT2D eigenvalue weighted by atomic mass is 32.1. The third-order valence-corrected chi connectivity index (χ3v) is 5.26. The van der Waals surface area contributed by atoms with Crippen LogP contribution in [0.3, 0.4) is 0 Å². The number of nitrogens with zero attached hydrogens (tertiary/aromatic N) is 3. The number of nitrogens with one attached hydrogen (secondary N) is 1. The predicted molar refractivity (Wildman–Crippen MR) is 106 cm³/mol. The summed E-state index contributed by atoms with van der Waals surface area (Å²) in [6.45, 7) is 0.929. The molecule has 0 fully saturated rings. The Morgan fingerprint density at radius 3 is 2.68 bits per heavy atom. The summed E-state index contributed by atoms with van der Waals surface area (Å²) in [6.07, 6.45) is 1.63. The monoisotopic (exact) mass is 396 g/mol. The molecule has 0 aliphatic heterocycles. The molecular formula is C20H17FN4O2S. The van der Waals surface area contributed by atoms with Crippen molar-refractivity contribution < 1.29 is 9.18 Å². The SMILES string of the molecule is O=C(NCCn1c(=O)n(Cc2ccc(F)cc2)c2cccnc21)c1cccs1. The molecule has 0 unspecified atom stereocenters. The van der Waals surface area contributed by atoms with Crippen LogP contribution in [0.2, 0.25) is 0 Å². The average Bonchev–Trinajstić information content (AvgIpc) is 3.33. The molecule has 28 heavy (non-hydrogen) atoms. The Morgan fingerprint density at radius 2 is 1.93 bits per heavy atom. The van der Waals surface area contributed by atoms with Crippen molar-refractivity contribution in [3.8, 4) is 0 Å². The zero-order chi connectivity index (χ0) is 19.5. The highest BCUT2D eigenvalue weighted by Crippen LogP contribution is 2.13. The van der Waals surface area contributed by atoms with Gasteiger partial charge >= 0.3 is 5.69 Å². The molecule has 0 aliphatic carbocycles. The van der Waals surface area contributed by atoms with Crippen molar-refractivity contribution in [1.29, 1.82) is 0 Å². The molecule has 6 nitrogen and oxygen atoms in total. The van der Waals surface area contributed by atoms with Crippen LogP contribution in [0.1, 0.15) is 15.2 Å². The largest absolute Gasteiger partial charge is 0.350 e. The second kappa shape index (κ2) is 7.77. The van der Waals surface area contributed by atoms with E-state index in [4.69, 9.17) is 0 Å². The van der Waals surface area contributed by atoms with Crippen molar-refractivity contribution in [2.75, 3.05) is 6.54 Å². The number of benzene rings is 1. The van der Waals surface area contributed by atoms with Gasteiger partial charge in [0.05, 0.1) is 16.9 Å². The number of carbonyl (C=O) groups is 1. The number of pyridine rings is 1. The number of hydrogen-bond acceptors (Lipinski definition) is 4. The number of carbonyl (C=O) groups excluding carboxylic acids is 1. The Labute approximate surface area is 163 Å². The maximum Gasteiger partial charge on any atom is 0.330 e. The van der Waals surface area contributed by atoms with Crippen molar-refractivity contribution in [3.05, 3.63) is 86.8 Å². The van der Waals surface area contributed by atoms with Crippen LogP contribution in [0.25, 0.3) is 11.2 Å². The van der Waals surface area contributed by atoms with Gasteiger partial charge in [0.2, 0.25) is 0 Å². The lowest BCUT2D eigenvalue weighted by atomic mass is 10.2. The molecular weight excluding hydrogens is 379 g/mol. The van der Waals surface area contributed by atoms with Crippen molar-refractivity contribution in [3.63, 3.8) is 0 Å². The van der Waals surface area contributed by atoms with Gasteiger partial charge in [0.1, 0.15) is 5.82 Å². The number of fused-ring (bicyclic) bond motifs is 1. The zero-order valence-corrected chi connectivity index (χ0v) is 15.7. The Morgan fingerprint density at radius 1 is 1.11 bits per heavy atom. The normalized spacial score (nSPS) is 11.0.